The van der Waals surface area contributed by atoms with Gasteiger partial charge in [0.05, 0.1) is 34.9 Å². The topological polar surface area (TPSA) is 149 Å². The molecule has 0 bridgehead atoms. The second-order valence-corrected chi connectivity index (χ2v) is 9.06. The van der Waals surface area contributed by atoms with Gasteiger partial charge in [0.15, 0.2) is 5.65 Å². The first-order valence-electron chi connectivity index (χ1n) is 11.5. The van der Waals surface area contributed by atoms with E-state index in [-0.39, 0.29) is 24.0 Å². The van der Waals surface area contributed by atoms with Crippen molar-refractivity contribution in [3.05, 3.63) is 41.9 Å². The molecule has 3 aromatic heterocycles. The van der Waals surface area contributed by atoms with Gasteiger partial charge in [-0.25, -0.2) is 14.3 Å². The maximum Gasteiger partial charge on any atom is 0.407 e. The van der Waals surface area contributed by atoms with E-state index in [1.807, 2.05) is 13.8 Å². The summed E-state index contributed by atoms with van der Waals surface area (Å²) in [5.41, 5.74) is 3.26. The van der Waals surface area contributed by atoms with Crippen molar-refractivity contribution in [2.24, 2.45) is 0 Å². The van der Waals surface area contributed by atoms with Gasteiger partial charge in [0.1, 0.15) is 11.8 Å². The van der Waals surface area contributed by atoms with Gasteiger partial charge in [-0.1, -0.05) is 0 Å². The number of hydrogen-bond acceptors (Lipinski definition) is 7. The summed E-state index contributed by atoms with van der Waals surface area (Å²) in [7, 11) is 1.59. The van der Waals surface area contributed by atoms with Crippen molar-refractivity contribution in [2.75, 3.05) is 12.4 Å². The van der Waals surface area contributed by atoms with Crippen LogP contribution in [0.25, 0.3) is 17.0 Å². The third-order valence-corrected chi connectivity index (χ3v) is 6.23. The van der Waals surface area contributed by atoms with Crippen molar-refractivity contribution in [3.63, 3.8) is 0 Å². The fourth-order valence-corrected chi connectivity index (χ4v) is 4.35. The zero-order chi connectivity index (χ0) is 25.1. The Labute approximate surface area is 202 Å². The summed E-state index contributed by atoms with van der Waals surface area (Å²) in [5, 5.41) is 29.0. The summed E-state index contributed by atoms with van der Waals surface area (Å²) in [6.07, 6.45) is 6.55. The van der Waals surface area contributed by atoms with Crippen LogP contribution in [0.1, 0.15) is 55.5 Å². The number of fused-ring (bicyclic) bond motifs is 1. The first-order chi connectivity index (χ1) is 16.8. The number of amides is 2. The average Bonchev–Trinajstić information content (AvgIpc) is 3.26. The van der Waals surface area contributed by atoms with Crippen LogP contribution in [0, 0.1) is 11.3 Å². The molecule has 1 aliphatic rings. The van der Waals surface area contributed by atoms with Crippen LogP contribution in [0.4, 0.5) is 10.5 Å². The number of nitriles is 1. The van der Waals surface area contributed by atoms with Gasteiger partial charge in [0.2, 0.25) is 0 Å². The summed E-state index contributed by atoms with van der Waals surface area (Å²) in [6.45, 7) is 3.97. The summed E-state index contributed by atoms with van der Waals surface area (Å²) in [5.74, 6) is -0.225. The molecule has 182 valence electrons. The van der Waals surface area contributed by atoms with Crippen LogP contribution in [0.15, 0.2) is 30.7 Å². The molecule has 1 fully saturated rings. The largest absolute Gasteiger partial charge is 0.465 e. The molecule has 0 saturated heterocycles. The molecule has 4 rings (SSSR count). The highest BCUT2D eigenvalue weighted by molar-refractivity contribution is 6.00. The van der Waals surface area contributed by atoms with E-state index in [2.05, 4.69) is 31.8 Å². The second-order valence-electron chi connectivity index (χ2n) is 9.06. The predicted molar refractivity (Wildman–Crippen MR) is 129 cm³/mol. The maximum atomic E-state index is 13.2. The molecule has 3 N–H and O–H groups in total. The van der Waals surface area contributed by atoms with E-state index in [4.69, 9.17) is 5.26 Å². The zero-order valence-electron chi connectivity index (χ0n) is 19.9. The molecule has 11 nitrogen and oxygen atoms in total. The smallest absolute Gasteiger partial charge is 0.407 e. The SMILES string of the molecule is CC(C)Nc1cc(-c2cnc3cc(C#N)cnn23)ncc1C(=O)NC1CCC(N(C)C(=O)O)CC1. The van der Waals surface area contributed by atoms with Gasteiger partial charge in [-0.05, 0) is 45.6 Å². The summed E-state index contributed by atoms with van der Waals surface area (Å²) in [6, 6.07) is 5.53. The normalized spacial score (nSPS) is 17.7. The van der Waals surface area contributed by atoms with Crippen molar-refractivity contribution in [1.82, 2.24) is 29.8 Å². The van der Waals surface area contributed by atoms with Crippen molar-refractivity contribution < 1.29 is 14.7 Å². The van der Waals surface area contributed by atoms with Crippen LogP contribution in [0.2, 0.25) is 0 Å². The minimum Gasteiger partial charge on any atom is -0.465 e. The third-order valence-electron chi connectivity index (χ3n) is 6.23. The Morgan fingerprint density at radius 2 is 1.91 bits per heavy atom. The van der Waals surface area contributed by atoms with Gasteiger partial charge in [-0.3, -0.25) is 9.78 Å². The summed E-state index contributed by atoms with van der Waals surface area (Å²) >= 11 is 0. The van der Waals surface area contributed by atoms with E-state index in [0.717, 1.165) is 0 Å². The van der Waals surface area contributed by atoms with E-state index < -0.39 is 6.09 Å². The monoisotopic (exact) mass is 476 g/mol. The molecule has 2 amide bonds. The minimum atomic E-state index is -0.931. The number of imidazole rings is 1. The number of nitrogens with zero attached hydrogens (tertiary/aromatic N) is 6. The average molecular weight is 477 g/mol. The number of aromatic nitrogens is 4. The molecule has 0 spiro atoms. The first kappa shape index (κ1) is 23.9. The molecular formula is C24H28N8O3. The van der Waals surface area contributed by atoms with Crippen molar-refractivity contribution in [3.8, 4) is 17.5 Å². The highest BCUT2D eigenvalue weighted by Crippen LogP contribution is 2.26. The van der Waals surface area contributed by atoms with E-state index in [1.54, 1.807) is 36.1 Å². The van der Waals surface area contributed by atoms with E-state index in [0.29, 0.717) is 59.5 Å². The van der Waals surface area contributed by atoms with Crippen molar-refractivity contribution >= 4 is 23.3 Å². The van der Waals surface area contributed by atoms with Crippen LogP contribution >= 0.6 is 0 Å². The standard InChI is InChI=1S/C24H28N8O3/c1-14(2)29-19-9-20(21-13-27-22-8-15(10-25)11-28-32(21)22)26-12-18(19)23(33)30-16-4-6-17(7-5-16)31(3)24(34)35/h8-9,11-14,16-17H,4-7H2,1-3H3,(H,26,29)(H,30,33)(H,34,35). The summed E-state index contributed by atoms with van der Waals surface area (Å²) < 4.78 is 1.61. The number of carbonyl (C=O) groups is 2. The van der Waals surface area contributed by atoms with Crippen LogP contribution in [-0.4, -0.2) is 66.8 Å². The molecule has 0 radical (unpaired) electrons. The summed E-state index contributed by atoms with van der Waals surface area (Å²) in [4.78, 5) is 34.6. The molecule has 11 heteroatoms. The lowest BCUT2D eigenvalue weighted by atomic mass is 9.90. The van der Waals surface area contributed by atoms with Gasteiger partial charge < -0.3 is 20.6 Å². The Balaban J connectivity index is 1.54. The van der Waals surface area contributed by atoms with E-state index in [1.165, 1.54) is 11.1 Å². The maximum absolute atomic E-state index is 13.2. The van der Waals surface area contributed by atoms with Crippen LogP contribution in [-0.2, 0) is 0 Å². The van der Waals surface area contributed by atoms with Crippen molar-refractivity contribution in [1.29, 1.82) is 5.26 Å². The fraction of sp³-hybridized carbons (Fsp3) is 0.417. The molecule has 1 aliphatic carbocycles. The Morgan fingerprint density at radius 1 is 1.17 bits per heavy atom. The lowest BCUT2D eigenvalue weighted by Crippen LogP contribution is -2.44. The molecule has 0 atom stereocenters. The van der Waals surface area contributed by atoms with Crippen LogP contribution < -0.4 is 10.6 Å². The molecule has 35 heavy (non-hydrogen) atoms. The number of hydrogen-bond donors (Lipinski definition) is 3. The number of nitrogens with one attached hydrogen (secondary N) is 2. The van der Waals surface area contributed by atoms with Gasteiger partial charge in [-0.2, -0.15) is 10.4 Å². The second kappa shape index (κ2) is 9.97. The number of pyridine rings is 1. The highest BCUT2D eigenvalue weighted by Gasteiger charge is 2.28. The Hall–Kier alpha value is -4.20. The number of rotatable bonds is 6. The molecule has 3 heterocycles. The molecular weight excluding hydrogens is 448 g/mol. The number of carbonyl (C=O) groups excluding carboxylic acids is 1. The van der Waals surface area contributed by atoms with E-state index in [9.17, 15) is 14.7 Å². The van der Waals surface area contributed by atoms with Crippen molar-refractivity contribution in [2.45, 2.75) is 57.7 Å². The van der Waals surface area contributed by atoms with E-state index >= 15 is 0 Å². The van der Waals surface area contributed by atoms with Gasteiger partial charge in [-0.15, -0.1) is 0 Å². The molecule has 3 aromatic rings. The molecule has 1 saturated carbocycles. The van der Waals surface area contributed by atoms with Gasteiger partial charge in [0, 0.05) is 37.4 Å². The quantitative estimate of drug-likeness (QED) is 0.491. The minimum absolute atomic E-state index is 0.0233. The number of anilines is 1. The molecule has 0 aromatic carbocycles. The third kappa shape index (κ3) is 5.16. The Morgan fingerprint density at radius 3 is 2.57 bits per heavy atom. The zero-order valence-corrected chi connectivity index (χ0v) is 19.9. The van der Waals surface area contributed by atoms with Gasteiger partial charge in [0.25, 0.3) is 5.91 Å². The Bertz CT molecular complexity index is 1290. The highest BCUT2D eigenvalue weighted by atomic mass is 16.4. The predicted octanol–water partition coefficient (Wildman–Crippen LogP) is 3.13. The molecule has 0 aliphatic heterocycles. The van der Waals surface area contributed by atoms with Gasteiger partial charge >= 0.3 is 6.09 Å². The van der Waals surface area contributed by atoms with Crippen LogP contribution in [0.5, 0.6) is 0 Å². The first-order valence-corrected chi connectivity index (χ1v) is 11.5. The fourth-order valence-electron chi connectivity index (χ4n) is 4.35. The lowest BCUT2D eigenvalue weighted by Gasteiger charge is -2.33. The number of carboxylic acid groups (broad SMARTS) is 1. The Kier molecular flexibility index (Phi) is 6.82. The molecule has 0 unspecified atom stereocenters. The van der Waals surface area contributed by atoms with Crippen LogP contribution in [0.3, 0.4) is 0 Å². The lowest BCUT2D eigenvalue weighted by molar-refractivity contribution is 0.0902.